The molecule has 0 aliphatic rings. The van der Waals surface area contributed by atoms with Gasteiger partial charge < -0.3 is 9.73 Å². The van der Waals surface area contributed by atoms with Gasteiger partial charge in [-0.1, -0.05) is 0 Å². The molecule has 0 aliphatic heterocycles. The molecule has 20 heavy (non-hydrogen) atoms. The van der Waals surface area contributed by atoms with Gasteiger partial charge in [0, 0.05) is 0 Å². The zero-order chi connectivity index (χ0) is 14.6. The molecular formula is C13H12FNO4S. The highest BCUT2D eigenvalue weighted by Gasteiger charge is 2.19. The molecular weight excluding hydrogens is 285 g/mol. The van der Waals surface area contributed by atoms with Crippen molar-refractivity contribution in [3.8, 4) is 0 Å². The average Bonchev–Trinajstić information content (AvgIpc) is 2.89. The Kier molecular flexibility index (Phi) is 4.19. The quantitative estimate of drug-likeness (QED) is 0.849. The summed E-state index contributed by atoms with van der Waals surface area (Å²) in [6, 6.07) is 7.65. The van der Waals surface area contributed by atoms with Crippen molar-refractivity contribution in [2.45, 2.75) is 11.4 Å². The van der Waals surface area contributed by atoms with E-state index < -0.39 is 27.3 Å². The van der Waals surface area contributed by atoms with Gasteiger partial charge in [-0.3, -0.25) is 4.79 Å². The predicted octanol–water partition coefficient (Wildman–Crippen LogP) is 1.51. The maximum Gasteiger partial charge on any atom is 0.235 e. The first-order valence-corrected chi connectivity index (χ1v) is 7.40. The minimum Gasteiger partial charge on any atom is -0.467 e. The minimum atomic E-state index is -3.78. The number of nitrogens with one attached hydrogen (secondary N) is 1. The largest absolute Gasteiger partial charge is 0.467 e. The van der Waals surface area contributed by atoms with Crippen LogP contribution >= 0.6 is 0 Å². The number of carbonyl (C=O) groups excluding carboxylic acids is 1. The lowest BCUT2D eigenvalue weighted by Gasteiger charge is -2.05. The van der Waals surface area contributed by atoms with Gasteiger partial charge in [0.25, 0.3) is 0 Å². The standard InChI is InChI=1S/C13H12FNO4S/c14-10-3-5-12(6-4-10)20(17,18)9-13(16)15-8-11-2-1-7-19-11/h1-7H,8-9H2,(H,15,16). The number of hydrogen-bond acceptors (Lipinski definition) is 4. The molecule has 0 radical (unpaired) electrons. The molecule has 1 heterocycles. The predicted molar refractivity (Wildman–Crippen MR) is 69.0 cm³/mol. The summed E-state index contributed by atoms with van der Waals surface area (Å²) in [5, 5.41) is 2.44. The first kappa shape index (κ1) is 14.3. The van der Waals surface area contributed by atoms with Gasteiger partial charge in [-0.25, -0.2) is 12.8 Å². The molecule has 0 fully saturated rings. The topological polar surface area (TPSA) is 76.4 Å². The number of amides is 1. The van der Waals surface area contributed by atoms with Crippen molar-refractivity contribution < 1.29 is 22.0 Å². The Balaban J connectivity index is 1.97. The zero-order valence-electron chi connectivity index (χ0n) is 10.4. The van der Waals surface area contributed by atoms with E-state index in [4.69, 9.17) is 4.42 Å². The van der Waals surface area contributed by atoms with Gasteiger partial charge in [-0.05, 0) is 36.4 Å². The summed E-state index contributed by atoms with van der Waals surface area (Å²) in [6.07, 6.45) is 1.46. The van der Waals surface area contributed by atoms with Crippen molar-refractivity contribution in [2.24, 2.45) is 0 Å². The number of carbonyl (C=O) groups is 1. The van der Waals surface area contributed by atoms with Crippen LogP contribution in [0.4, 0.5) is 4.39 Å². The van der Waals surface area contributed by atoms with Crippen molar-refractivity contribution in [2.75, 3.05) is 5.75 Å². The maximum atomic E-state index is 12.7. The molecule has 0 spiro atoms. The fraction of sp³-hybridized carbons (Fsp3) is 0.154. The first-order valence-electron chi connectivity index (χ1n) is 5.75. The molecule has 7 heteroatoms. The molecule has 1 aromatic heterocycles. The van der Waals surface area contributed by atoms with Crippen molar-refractivity contribution >= 4 is 15.7 Å². The van der Waals surface area contributed by atoms with E-state index in [0.29, 0.717) is 5.76 Å². The molecule has 2 rings (SSSR count). The Morgan fingerprint density at radius 3 is 2.50 bits per heavy atom. The molecule has 0 atom stereocenters. The number of sulfone groups is 1. The number of furan rings is 1. The van der Waals surface area contributed by atoms with Crippen LogP contribution in [-0.2, 0) is 21.2 Å². The van der Waals surface area contributed by atoms with Crippen LogP contribution in [0, 0.1) is 5.82 Å². The molecule has 2 aromatic rings. The van der Waals surface area contributed by atoms with E-state index in [2.05, 4.69) is 5.32 Å². The Bertz CT molecular complexity index is 678. The van der Waals surface area contributed by atoms with E-state index in [1.165, 1.54) is 6.26 Å². The van der Waals surface area contributed by atoms with E-state index >= 15 is 0 Å². The Hall–Kier alpha value is -2.15. The first-order chi connectivity index (χ1) is 9.47. The summed E-state index contributed by atoms with van der Waals surface area (Å²) < 4.78 is 41.6. The Morgan fingerprint density at radius 2 is 1.90 bits per heavy atom. The van der Waals surface area contributed by atoms with Gasteiger partial charge in [0.15, 0.2) is 9.84 Å². The normalized spacial score (nSPS) is 11.2. The van der Waals surface area contributed by atoms with Gasteiger partial charge in [-0.15, -0.1) is 0 Å². The third-order valence-electron chi connectivity index (χ3n) is 2.53. The van der Waals surface area contributed by atoms with Crippen LogP contribution < -0.4 is 5.32 Å². The summed E-state index contributed by atoms with van der Waals surface area (Å²) in [5.41, 5.74) is 0. The van der Waals surface area contributed by atoms with Crippen LogP contribution in [0.2, 0.25) is 0 Å². The number of hydrogen-bond donors (Lipinski definition) is 1. The molecule has 0 bridgehead atoms. The van der Waals surface area contributed by atoms with Gasteiger partial charge in [-0.2, -0.15) is 0 Å². The van der Waals surface area contributed by atoms with Crippen molar-refractivity contribution in [3.63, 3.8) is 0 Å². The lowest BCUT2D eigenvalue weighted by atomic mass is 10.4. The second-order valence-corrected chi connectivity index (χ2v) is 6.06. The number of benzene rings is 1. The monoisotopic (exact) mass is 297 g/mol. The van der Waals surface area contributed by atoms with E-state index in [1.54, 1.807) is 12.1 Å². The third-order valence-corrected chi connectivity index (χ3v) is 4.17. The van der Waals surface area contributed by atoms with Crippen molar-refractivity contribution in [1.82, 2.24) is 5.32 Å². The lowest BCUT2D eigenvalue weighted by Crippen LogP contribution is -2.29. The van der Waals surface area contributed by atoms with E-state index in [1.807, 2.05) is 0 Å². The second kappa shape index (κ2) is 5.87. The van der Waals surface area contributed by atoms with Crippen molar-refractivity contribution in [3.05, 3.63) is 54.2 Å². The minimum absolute atomic E-state index is 0.0907. The molecule has 0 aliphatic carbocycles. The summed E-state index contributed by atoms with van der Waals surface area (Å²) in [6.45, 7) is 0.116. The van der Waals surface area contributed by atoms with Gasteiger partial charge in [0.05, 0.1) is 17.7 Å². The highest BCUT2D eigenvalue weighted by Crippen LogP contribution is 2.11. The summed E-state index contributed by atoms with van der Waals surface area (Å²) in [4.78, 5) is 11.5. The van der Waals surface area contributed by atoms with Crippen LogP contribution in [0.1, 0.15) is 5.76 Å². The highest BCUT2D eigenvalue weighted by molar-refractivity contribution is 7.92. The molecule has 0 saturated heterocycles. The lowest BCUT2D eigenvalue weighted by molar-refractivity contribution is -0.118. The molecule has 0 unspecified atom stereocenters. The molecule has 0 saturated carbocycles. The van der Waals surface area contributed by atoms with Gasteiger partial charge >= 0.3 is 0 Å². The second-order valence-electron chi connectivity index (χ2n) is 4.07. The Morgan fingerprint density at radius 1 is 1.20 bits per heavy atom. The molecule has 1 amide bonds. The Labute approximate surface area is 115 Å². The SMILES string of the molecule is O=C(CS(=O)(=O)c1ccc(F)cc1)NCc1ccco1. The van der Waals surface area contributed by atoms with Crippen molar-refractivity contribution in [1.29, 1.82) is 0 Å². The highest BCUT2D eigenvalue weighted by atomic mass is 32.2. The van der Waals surface area contributed by atoms with E-state index in [-0.39, 0.29) is 11.4 Å². The molecule has 106 valence electrons. The van der Waals surface area contributed by atoms with Gasteiger partial charge in [0.1, 0.15) is 17.3 Å². The zero-order valence-corrected chi connectivity index (χ0v) is 11.2. The number of halogens is 1. The van der Waals surface area contributed by atoms with Gasteiger partial charge in [0.2, 0.25) is 5.91 Å². The number of rotatable bonds is 5. The third kappa shape index (κ3) is 3.67. The summed E-state index contributed by atoms with van der Waals surface area (Å²) >= 11 is 0. The average molecular weight is 297 g/mol. The van der Waals surface area contributed by atoms with Crippen LogP contribution in [-0.4, -0.2) is 20.1 Å². The summed E-state index contributed by atoms with van der Waals surface area (Å²) in [7, 11) is -3.78. The van der Waals surface area contributed by atoms with E-state index in [0.717, 1.165) is 24.3 Å². The van der Waals surface area contributed by atoms with Crippen LogP contribution in [0.3, 0.4) is 0 Å². The fourth-order valence-corrected chi connectivity index (χ4v) is 2.71. The van der Waals surface area contributed by atoms with Crippen LogP contribution in [0.25, 0.3) is 0 Å². The molecule has 1 N–H and O–H groups in total. The molecule has 5 nitrogen and oxygen atoms in total. The van der Waals surface area contributed by atoms with Crippen LogP contribution in [0.5, 0.6) is 0 Å². The fourth-order valence-electron chi connectivity index (χ4n) is 1.55. The smallest absolute Gasteiger partial charge is 0.235 e. The van der Waals surface area contributed by atoms with Crippen LogP contribution in [0.15, 0.2) is 52.0 Å². The molecule has 1 aromatic carbocycles. The maximum absolute atomic E-state index is 12.7. The summed E-state index contributed by atoms with van der Waals surface area (Å²) in [5.74, 6) is -1.35. The van der Waals surface area contributed by atoms with E-state index in [9.17, 15) is 17.6 Å².